The summed E-state index contributed by atoms with van der Waals surface area (Å²) in [7, 11) is 0. The molecule has 7 heteroatoms. The van der Waals surface area contributed by atoms with E-state index in [0.29, 0.717) is 5.92 Å². The third-order valence-corrected chi connectivity index (χ3v) is 6.90. The molecule has 27 heavy (non-hydrogen) atoms. The van der Waals surface area contributed by atoms with Gasteiger partial charge >= 0.3 is 0 Å². The molecular formula is C20H24FN3O2S. The number of thioether (sulfide) groups is 1. The van der Waals surface area contributed by atoms with Crippen LogP contribution in [0, 0.1) is 23.6 Å². The first-order valence-electron chi connectivity index (χ1n) is 9.56. The second-order valence-electron chi connectivity index (χ2n) is 7.75. The molecule has 0 radical (unpaired) electrons. The van der Waals surface area contributed by atoms with Crippen molar-refractivity contribution in [1.82, 2.24) is 15.5 Å². The molecule has 2 aromatic rings. The summed E-state index contributed by atoms with van der Waals surface area (Å²) in [6.07, 6.45) is 5.23. The summed E-state index contributed by atoms with van der Waals surface area (Å²) in [6, 6.07) is 6.44. The van der Waals surface area contributed by atoms with Crippen LogP contribution in [0.25, 0.3) is 11.5 Å². The topological polar surface area (TPSA) is 68.0 Å². The van der Waals surface area contributed by atoms with Crippen LogP contribution in [0.2, 0.25) is 0 Å². The quantitative estimate of drug-likeness (QED) is 0.746. The second kappa shape index (κ2) is 7.62. The van der Waals surface area contributed by atoms with E-state index in [-0.39, 0.29) is 33.9 Å². The fourth-order valence-electron chi connectivity index (χ4n) is 4.56. The number of carbonyl (C=O) groups excluding carboxylic acids is 1. The summed E-state index contributed by atoms with van der Waals surface area (Å²) < 4.78 is 19.4. The van der Waals surface area contributed by atoms with Gasteiger partial charge in [-0.3, -0.25) is 4.79 Å². The number of amides is 1. The first kappa shape index (κ1) is 18.5. The van der Waals surface area contributed by atoms with Gasteiger partial charge in [0.05, 0.1) is 10.8 Å². The van der Waals surface area contributed by atoms with Crippen LogP contribution in [0.4, 0.5) is 4.39 Å². The first-order chi connectivity index (χ1) is 13.0. The maximum absolute atomic E-state index is 13.8. The Balaban J connectivity index is 1.34. The third-order valence-electron chi connectivity index (χ3n) is 5.96. The van der Waals surface area contributed by atoms with Crippen LogP contribution < -0.4 is 5.32 Å². The molecule has 0 aliphatic heterocycles. The Morgan fingerprint density at radius 2 is 2.07 bits per heavy atom. The molecule has 1 aromatic carbocycles. The van der Waals surface area contributed by atoms with Crippen molar-refractivity contribution in [3.05, 3.63) is 30.1 Å². The molecule has 4 rings (SSSR count). The molecule has 2 fully saturated rings. The smallest absolute Gasteiger partial charge is 0.277 e. The number of fused-ring (bicyclic) bond motifs is 2. The predicted molar refractivity (Wildman–Crippen MR) is 102 cm³/mol. The minimum Gasteiger partial charge on any atom is -0.411 e. The van der Waals surface area contributed by atoms with Gasteiger partial charge in [-0.05, 0) is 63.0 Å². The van der Waals surface area contributed by atoms with Crippen LogP contribution in [-0.4, -0.2) is 27.4 Å². The number of nitrogens with zero attached hydrogens (tertiary/aromatic N) is 2. The van der Waals surface area contributed by atoms with Crippen molar-refractivity contribution in [2.24, 2.45) is 17.8 Å². The zero-order valence-corrected chi connectivity index (χ0v) is 16.3. The normalized spacial score (nSPS) is 26.1. The highest BCUT2D eigenvalue weighted by molar-refractivity contribution is 8.00. The largest absolute Gasteiger partial charge is 0.411 e. The Labute approximate surface area is 162 Å². The summed E-state index contributed by atoms with van der Waals surface area (Å²) in [4.78, 5) is 12.6. The molecule has 5 atom stereocenters. The fraction of sp³-hybridized carbons (Fsp3) is 0.550. The predicted octanol–water partition coefficient (Wildman–Crippen LogP) is 4.30. The molecule has 0 saturated heterocycles. The Morgan fingerprint density at radius 1 is 1.26 bits per heavy atom. The summed E-state index contributed by atoms with van der Waals surface area (Å²) in [5.74, 6) is 1.91. The summed E-state index contributed by atoms with van der Waals surface area (Å²) in [5.41, 5.74) is 0.263. The van der Waals surface area contributed by atoms with E-state index in [2.05, 4.69) is 22.4 Å². The molecule has 1 amide bonds. The molecule has 1 heterocycles. The zero-order chi connectivity index (χ0) is 19.0. The number of halogens is 1. The number of nitrogens with one attached hydrogen (secondary N) is 1. The number of aromatic nitrogens is 2. The molecule has 2 saturated carbocycles. The molecule has 144 valence electrons. The van der Waals surface area contributed by atoms with Crippen LogP contribution in [0.15, 0.2) is 33.9 Å². The lowest BCUT2D eigenvalue weighted by molar-refractivity contribution is -0.121. The van der Waals surface area contributed by atoms with Crippen LogP contribution in [0.3, 0.4) is 0 Å². The van der Waals surface area contributed by atoms with E-state index >= 15 is 0 Å². The van der Waals surface area contributed by atoms with E-state index in [1.165, 1.54) is 43.5 Å². The van der Waals surface area contributed by atoms with Gasteiger partial charge in [0.1, 0.15) is 5.82 Å². The average Bonchev–Trinajstić information content (AvgIpc) is 3.38. The highest BCUT2D eigenvalue weighted by Crippen LogP contribution is 2.49. The van der Waals surface area contributed by atoms with Gasteiger partial charge in [0.15, 0.2) is 0 Å². The standard InChI is InChI=1S/C20H24FN3O2S/c1-11(16-10-13-7-8-14(16)9-13)22-18(25)12(2)27-20-24-23-19(26-20)15-5-3-4-6-17(15)21/h3-6,11-14,16H,7-10H2,1-2H3,(H,22,25). The Kier molecular flexibility index (Phi) is 5.21. The number of benzene rings is 1. The summed E-state index contributed by atoms with van der Waals surface area (Å²) in [5, 5.41) is 10.9. The van der Waals surface area contributed by atoms with Crippen LogP contribution >= 0.6 is 11.8 Å². The van der Waals surface area contributed by atoms with Gasteiger partial charge in [0.25, 0.3) is 11.1 Å². The van der Waals surface area contributed by atoms with Gasteiger partial charge in [-0.2, -0.15) is 0 Å². The van der Waals surface area contributed by atoms with E-state index in [1.807, 2.05) is 6.92 Å². The number of rotatable bonds is 6. The van der Waals surface area contributed by atoms with Crippen LogP contribution in [0.1, 0.15) is 39.5 Å². The first-order valence-corrected chi connectivity index (χ1v) is 10.4. The molecule has 5 unspecified atom stereocenters. The fourth-order valence-corrected chi connectivity index (χ4v) is 5.25. The van der Waals surface area contributed by atoms with E-state index < -0.39 is 5.82 Å². The van der Waals surface area contributed by atoms with Gasteiger partial charge in [0.2, 0.25) is 5.91 Å². The number of hydrogen-bond donors (Lipinski definition) is 1. The Bertz CT molecular complexity index is 827. The molecule has 0 spiro atoms. The summed E-state index contributed by atoms with van der Waals surface area (Å²) >= 11 is 1.20. The highest BCUT2D eigenvalue weighted by atomic mass is 32.2. The SMILES string of the molecule is CC(Sc1nnc(-c2ccccc2F)o1)C(=O)NC(C)C1CC2CCC1C2. The van der Waals surface area contributed by atoms with Crippen molar-refractivity contribution in [3.63, 3.8) is 0 Å². The van der Waals surface area contributed by atoms with Gasteiger partial charge in [-0.1, -0.05) is 30.3 Å². The minimum atomic E-state index is -0.414. The summed E-state index contributed by atoms with van der Waals surface area (Å²) in [6.45, 7) is 3.93. The monoisotopic (exact) mass is 389 g/mol. The third kappa shape index (κ3) is 3.88. The van der Waals surface area contributed by atoms with Crippen LogP contribution in [-0.2, 0) is 4.79 Å². The van der Waals surface area contributed by atoms with Gasteiger partial charge in [0, 0.05) is 6.04 Å². The molecule has 2 aliphatic carbocycles. The number of hydrogen-bond acceptors (Lipinski definition) is 5. The molecule has 1 aromatic heterocycles. The van der Waals surface area contributed by atoms with Crippen molar-refractivity contribution in [2.45, 2.75) is 56.0 Å². The Hall–Kier alpha value is -1.89. The van der Waals surface area contributed by atoms with Crippen molar-refractivity contribution in [1.29, 1.82) is 0 Å². The van der Waals surface area contributed by atoms with Gasteiger partial charge < -0.3 is 9.73 Å². The zero-order valence-electron chi connectivity index (χ0n) is 15.5. The maximum atomic E-state index is 13.8. The lowest BCUT2D eigenvalue weighted by Gasteiger charge is -2.29. The minimum absolute atomic E-state index is 0.0269. The molecular weight excluding hydrogens is 365 g/mol. The highest BCUT2D eigenvalue weighted by Gasteiger charge is 2.42. The van der Waals surface area contributed by atoms with E-state index in [4.69, 9.17) is 4.42 Å². The van der Waals surface area contributed by atoms with Crippen molar-refractivity contribution < 1.29 is 13.6 Å². The van der Waals surface area contributed by atoms with Gasteiger partial charge in [-0.15, -0.1) is 10.2 Å². The average molecular weight is 389 g/mol. The van der Waals surface area contributed by atoms with E-state index in [1.54, 1.807) is 18.2 Å². The van der Waals surface area contributed by atoms with Crippen molar-refractivity contribution in [2.75, 3.05) is 0 Å². The maximum Gasteiger partial charge on any atom is 0.277 e. The van der Waals surface area contributed by atoms with E-state index in [0.717, 1.165) is 11.8 Å². The second-order valence-corrected chi connectivity index (χ2v) is 9.04. The lowest BCUT2D eigenvalue weighted by atomic mass is 9.84. The molecule has 2 bridgehead atoms. The van der Waals surface area contributed by atoms with Crippen molar-refractivity contribution in [3.8, 4) is 11.5 Å². The molecule has 2 aliphatic rings. The van der Waals surface area contributed by atoms with Crippen molar-refractivity contribution >= 4 is 17.7 Å². The van der Waals surface area contributed by atoms with E-state index in [9.17, 15) is 9.18 Å². The molecule has 1 N–H and O–H groups in total. The Morgan fingerprint density at radius 3 is 2.78 bits per heavy atom. The van der Waals surface area contributed by atoms with Gasteiger partial charge in [-0.25, -0.2) is 4.39 Å². The molecule has 5 nitrogen and oxygen atoms in total. The lowest BCUT2D eigenvalue weighted by Crippen LogP contribution is -2.43. The van der Waals surface area contributed by atoms with Crippen LogP contribution in [0.5, 0.6) is 0 Å². The number of carbonyl (C=O) groups is 1.